The molecule has 1 aliphatic heterocycles. The molecule has 0 radical (unpaired) electrons. The zero-order chi connectivity index (χ0) is 17.7. The molecule has 0 saturated heterocycles. The largest absolute Gasteiger partial charge is 0.454 e. The molecule has 0 atom stereocenters. The highest BCUT2D eigenvalue weighted by atomic mass is 32.1. The Morgan fingerprint density at radius 1 is 1.08 bits per heavy atom. The van der Waals surface area contributed by atoms with Gasteiger partial charge in [0, 0.05) is 29.1 Å². The number of ether oxygens (including phenoxy) is 2. The summed E-state index contributed by atoms with van der Waals surface area (Å²) in [6, 6.07) is 12.2. The average Bonchev–Trinajstić information content (AvgIpc) is 3.29. The zero-order valence-corrected chi connectivity index (χ0v) is 14.2. The maximum absolute atomic E-state index is 14.1. The van der Waals surface area contributed by atoms with Crippen molar-refractivity contribution in [2.45, 2.75) is 0 Å². The van der Waals surface area contributed by atoms with Crippen molar-refractivity contribution in [1.82, 2.24) is 14.4 Å². The third-order valence-electron chi connectivity index (χ3n) is 4.35. The normalized spacial score (nSPS) is 12.7. The molecule has 0 bridgehead atoms. The molecule has 0 saturated carbocycles. The Hall–Kier alpha value is -3.19. The molecule has 1 aliphatic rings. The minimum absolute atomic E-state index is 0.226. The molecule has 26 heavy (non-hydrogen) atoms. The molecule has 0 aliphatic carbocycles. The third-order valence-corrected chi connectivity index (χ3v) is 4.76. The Labute approximate surface area is 152 Å². The van der Waals surface area contributed by atoms with E-state index in [9.17, 15) is 4.39 Å². The number of benzene rings is 2. The molecule has 0 spiro atoms. The number of hydrogen-bond acceptors (Lipinski definition) is 4. The van der Waals surface area contributed by atoms with Gasteiger partial charge >= 0.3 is 0 Å². The summed E-state index contributed by atoms with van der Waals surface area (Å²) in [6.07, 6.45) is 3.45. The summed E-state index contributed by atoms with van der Waals surface area (Å²) in [4.78, 5) is 7.63. The Balaban J connectivity index is 1.66. The van der Waals surface area contributed by atoms with Gasteiger partial charge in [-0.25, -0.2) is 9.37 Å². The van der Waals surface area contributed by atoms with E-state index in [1.54, 1.807) is 28.8 Å². The van der Waals surface area contributed by atoms with E-state index in [1.165, 1.54) is 6.07 Å². The van der Waals surface area contributed by atoms with Gasteiger partial charge in [0.05, 0.1) is 5.69 Å². The number of nitrogens with zero attached hydrogens (tertiary/aromatic N) is 2. The van der Waals surface area contributed by atoms with E-state index < -0.39 is 0 Å². The van der Waals surface area contributed by atoms with Crippen molar-refractivity contribution in [3.05, 3.63) is 65.3 Å². The van der Waals surface area contributed by atoms with Gasteiger partial charge in [-0.05, 0) is 24.3 Å². The fourth-order valence-electron chi connectivity index (χ4n) is 3.04. The van der Waals surface area contributed by atoms with Crippen molar-refractivity contribution in [3.63, 3.8) is 0 Å². The molecule has 1 N–H and O–H groups in total. The van der Waals surface area contributed by atoms with Crippen LogP contribution in [0.2, 0.25) is 0 Å². The van der Waals surface area contributed by atoms with Crippen LogP contribution in [0.25, 0.3) is 28.2 Å². The molecular weight excluding hydrogens is 353 g/mol. The highest BCUT2D eigenvalue weighted by Crippen LogP contribution is 2.35. The molecule has 5 nitrogen and oxygen atoms in total. The van der Waals surface area contributed by atoms with Gasteiger partial charge in [0.25, 0.3) is 0 Å². The van der Waals surface area contributed by atoms with Crippen LogP contribution in [0.3, 0.4) is 0 Å². The predicted octanol–water partition coefficient (Wildman–Crippen LogP) is 4.59. The molecule has 2 aromatic carbocycles. The minimum atomic E-state index is -0.327. The molecule has 4 aromatic rings. The van der Waals surface area contributed by atoms with E-state index in [1.807, 2.05) is 24.4 Å². The first-order valence-corrected chi connectivity index (χ1v) is 8.37. The Kier molecular flexibility index (Phi) is 3.29. The van der Waals surface area contributed by atoms with Crippen molar-refractivity contribution in [3.8, 4) is 33.9 Å². The Morgan fingerprint density at radius 3 is 2.81 bits per heavy atom. The van der Waals surface area contributed by atoms with Crippen molar-refractivity contribution < 1.29 is 13.9 Å². The number of H-pyrrole nitrogens is 1. The minimum Gasteiger partial charge on any atom is -0.454 e. The lowest BCUT2D eigenvalue weighted by atomic mass is 10.1. The van der Waals surface area contributed by atoms with Gasteiger partial charge in [-0.1, -0.05) is 30.4 Å². The first-order chi connectivity index (χ1) is 12.7. The van der Waals surface area contributed by atoms with Crippen LogP contribution in [0.4, 0.5) is 4.39 Å². The smallest absolute Gasteiger partial charge is 0.231 e. The fraction of sp³-hybridized carbons (Fsp3) is 0.0526. The summed E-state index contributed by atoms with van der Waals surface area (Å²) in [5.41, 5.74) is 2.76. The topological polar surface area (TPSA) is 51.5 Å². The van der Waals surface area contributed by atoms with Crippen LogP contribution in [0.15, 0.2) is 54.9 Å². The van der Waals surface area contributed by atoms with E-state index in [0.29, 0.717) is 27.3 Å². The molecule has 5 rings (SSSR count). The van der Waals surface area contributed by atoms with E-state index in [-0.39, 0.29) is 12.6 Å². The van der Waals surface area contributed by atoms with Gasteiger partial charge in [0.1, 0.15) is 10.5 Å². The van der Waals surface area contributed by atoms with Crippen molar-refractivity contribution in [2.24, 2.45) is 0 Å². The molecule has 128 valence electrons. The second-order valence-electron chi connectivity index (χ2n) is 5.89. The number of aromatic amines is 1. The Morgan fingerprint density at radius 2 is 1.92 bits per heavy atom. The van der Waals surface area contributed by atoms with E-state index in [4.69, 9.17) is 21.7 Å². The summed E-state index contributed by atoms with van der Waals surface area (Å²) in [6.45, 7) is 0.226. The quantitative estimate of drug-likeness (QED) is 0.528. The van der Waals surface area contributed by atoms with Crippen molar-refractivity contribution in [2.75, 3.05) is 6.79 Å². The summed E-state index contributed by atoms with van der Waals surface area (Å²) >= 11 is 5.57. The number of nitrogens with one attached hydrogen (secondary N) is 1. The van der Waals surface area contributed by atoms with Crippen LogP contribution in [0.5, 0.6) is 11.5 Å². The number of hydrogen-bond donors (Lipinski definition) is 1. The van der Waals surface area contributed by atoms with Crippen LogP contribution >= 0.6 is 12.2 Å². The SMILES string of the molecule is Fc1ccccc1-c1cnc2[nH]c(-c3ccc4c(c3)OCO4)cn2c1=S. The molecule has 0 amide bonds. The summed E-state index contributed by atoms with van der Waals surface area (Å²) in [7, 11) is 0. The zero-order valence-electron chi connectivity index (χ0n) is 13.4. The molecule has 2 aromatic heterocycles. The lowest BCUT2D eigenvalue weighted by Gasteiger charge is -2.04. The van der Waals surface area contributed by atoms with E-state index in [0.717, 1.165) is 17.0 Å². The first-order valence-electron chi connectivity index (χ1n) is 7.96. The molecule has 0 unspecified atom stereocenters. The lowest BCUT2D eigenvalue weighted by molar-refractivity contribution is 0.174. The first kappa shape index (κ1) is 15.1. The van der Waals surface area contributed by atoms with Crippen LogP contribution in [-0.2, 0) is 0 Å². The van der Waals surface area contributed by atoms with Crippen molar-refractivity contribution in [1.29, 1.82) is 0 Å². The summed E-state index contributed by atoms with van der Waals surface area (Å²) in [5, 5.41) is 0. The van der Waals surface area contributed by atoms with Gasteiger partial charge in [-0.15, -0.1) is 0 Å². The Bertz CT molecular complexity index is 1220. The summed E-state index contributed by atoms with van der Waals surface area (Å²) in [5.74, 6) is 1.68. The molecule has 7 heteroatoms. The third kappa shape index (κ3) is 2.28. The number of halogens is 1. The van der Waals surface area contributed by atoms with Crippen molar-refractivity contribution >= 4 is 18.0 Å². The maximum atomic E-state index is 14.1. The fourth-order valence-corrected chi connectivity index (χ4v) is 3.34. The van der Waals surface area contributed by atoms with Crippen LogP contribution in [0, 0.1) is 10.5 Å². The van der Waals surface area contributed by atoms with Gasteiger partial charge in [0.15, 0.2) is 11.5 Å². The second kappa shape index (κ2) is 5.67. The molecule has 0 fully saturated rings. The average molecular weight is 365 g/mol. The molecule has 3 heterocycles. The highest BCUT2D eigenvalue weighted by molar-refractivity contribution is 7.71. The van der Waals surface area contributed by atoms with Crippen LogP contribution in [0.1, 0.15) is 0 Å². The van der Waals surface area contributed by atoms with E-state index >= 15 is 0 Å². The predicted molar refractivity (Wildman–Crippen MR) is 97.3 cm³/mol. The number of rotatable bonds is 2. The van der Waals surface area contributed by atoms with Crippen LogP contribution < -0.4 is 9.47 Å². The highest BCUT2D eigenvalue weighted by Gasteiger charge is 2.16. The van der Waals surface area contributed by atoms with Gasteiger partial charge in [-0.3, -0.25) is 4.40 Å². The summed E-state index contributed by atoms with van der Waals surface area (Å²) < 4.78 is 27.1. The molecular formula is C19H12FN3O2S. The number of fused-ring (bicyclic) bond motifs is 2. The van der Waals surface area contributed by atoms with Gasteiger partial charge in [-0.2, -0.15) is 0 Å². The standard InChI is InChI=1S/C19H12FN3O2S/c20-14-4-2-1-3-12(14)13-8-21-19-22-15(9-23(19)18(13)26)11-5-6-16-17(7-11)25-10-24-16/h1-9H,10H2,(H,21,22). The maximum Gasteiger partial charge on any atom is 0.231 e. The monoisotopic (exact) mass is 365 g/mol. The van der Waals surface area contributed by atoms with Crippen LogP contribution in [-0.4, -0.2) is 21.2 Å². The van der Waals surface area contributed by atoms with E-state index in [2.05, 4.69) is 9.97 Å². The number of aromatic nitrogens is 3. The number of imidazole rings is 1. The van der Waals surface area contributed by atoms with Gasteiger partial charge in [0.2, 0.25) is 12.6 Å². The second-order valence-corrected chi connectivity index (χ2v) is 6.27. The lowest BCUT2D eigenvalue weighted by Crippen LogP contribution is -1.94. The van der Waals surface area contributed by atoms with Gasteiger partial charge < -0.3 is 14.5 Å².